The van der Waals surface area contributed by atoms with Crippen LogP contribution in [-0.2, 0) is 0 Å². The van der Waals surface area contributed by atoms with E-state index in [1.54, 1.807) is 0 Å². The van der Waals surface area contributed by atoms with Gasteiger partial charge in [-0.05, 0) is 47.5 Å². The van der Waals surface area contributed by atoms with Crippen molar-refractivity contribution in [2.75, 3.05) is 0 Å². The summed E-state index contributed by atoms with van der Waals surface area (Å²) in [6, 6.07) is 61.3. The molecule has 0 unspecified atom stereocenters. The van der Waals surface area contributed by atoms with Crippen LogP contribution in [0.2, 0.25) is 0 Å². The van der Waals surface area contributed by atoms with E-state index in [1.165, 1.54) is 16.3 Å². The molecule has 0 N–H and O–H groups in total. The average Bonchev–Trinajstić information content (AvgIpc) is 3.74. The van der Waals surface area contributed by atoms with Crippen LogP contribution in [0.1, 0.15) is 0 Å². The lowest BCUT2D eigenvalue weighted by Crippen LogP contribution is -2.02. The number of hydrogen-bond donors (Lipinski definition) is 0. The van der Waals surface area contributed by atoms with E-state index < -0.39 is 0 Å². The number of benzene rings is 7. The molecule has 0 spiro atoms. The largest absolute Gasteiger partial charge is 0.455 e. The smallest absolute Gasteiger partial charge is 0.166 e. The predicted molar refractivity (Wildman–Crippen MR) is 205 cm³/mol. The highest BCUT2D eigenvalue weighted by Gasteiger charge is 2.24. The molecule has 7 aromatic carbocycles. The maximum absolute atomic E-state index is 6.76. The number of aromatic nitrogens is 3. The van der Waals surface area contributed by atoms with E-state index in [2.05, 4.69) is 156 Å². The standard InChI is InChI=1S/C46H29N3O/c1-3-13-30(14-4-1)31-23-25-33(26-24-31)39-29-38(32-15-5-2-6-16-32)47-46(48-39)44-42(28-27-37-36-19-9-12-22-43(36)50-45(37)44)49-40-20-10-7-17-34(40)35-18-8-11-21-41(35)49/h1-29H. The van der Waals surface area contributed by atoms with Gasteiger partial charge in [0.15, 0.2) is 5.82 Å². The lowest BCUT2D eigenvalue weighted by atomic mass is 10.0. The number of hydrogen-bond acceptors (Lipinski definition) is 3. The van der Waals surface area contributed by atoms with E-state index in [-0.39, 0.29) is 0 Å². The van der Waals surface area contributed by atoms with E-state index in [1.807, 2.05) is 24.3 Å². The molecular formula is C46H29N3O. The summed E-state index contributed by atoms with van der Waals surface area (Å²) >= 11 is 0. The van der Waals surface area contributed by atoms with Crippen LogP contribution < -0.4 is 0 Å². The molecule has 0 radical (unpaired) electrons. The second-order valence-corrected chi connectivity index (χ2v) is 12.6. The highest BCUT2D eigenvalue weighted by atomic mass is 16.3. The van der Waals surface area contributed by atoms with Gasteiger partial charge >= 0.3 is 0 Å². The third kappa shape index (κ3) is 4.54. The van der Waals surface area contributed by atoms with Gasteiger partial charge < -0.3 is 8.98 Å². The van der Waals surface area contributed by atoms with Crippen molar-refractivity contribution in [2.24, 2.45) is 0 Å². The summed E-state index contributed by atoms with van der Waals surface area (Å²) in [7, 11) is 0. The molecule has 0 aliphatic carbocycles. The maximum Gasteiger partial charge on any atom is 0.166 e. The van der Waals surface area contributed by atoms with Crippen LogP contribution in [0.25, 0.3) is 94.5 Å². The Morgan fingerprint density at radius 2 is 0.900 bits per heavy atom. The normalized spacial score (nSPS) is 11.6. The molecule has 10 aromatic rings. The van der Waals surface area contributed by atoms with Gasteiger partial charge in [0.2, 0.25) is 0 Å². The summed E-state index contributed by atoms with van der Waals surface area (Å²) in [5.41, 5.74) is 11.7. The monoisotopic (exact) mass is 639 g/mol. The van der Waals surface area contributed by atoms with Crippen molar-refractivity contribution >= 4 is 43.7 Å². The molecule has 0 aliphatic rings. The Morgan fingerprint density at radius 1 is 0.400 bits per heavy atom. The van der Waals surface area contributed by atoms with Crippen LogP contribution in [0.4, 0.5) is 0 Å². The fourth-order valence-corrected chi connectivity index (χ4v) is 7.29. The Morgan fingerprint density at radius 3 is 1.56 bits per heavy atom. The van der Waals surface area contributed by atoms with Crippen molar-refractivity contribution in [3.63, 3.8) is 0 Å². The second-order valence-electron chi connectivity index (χ2n) is 12.6. The first-order valence-corrected chi connectivity index (χ1v) is 16.8. The van der Waals surface area contributed by atoms with Crippen LogP contribution in [0.3, 0.4) is 0 Å². The van der Waals surface area contributed by atoms with Gasteiger partial charge in [0, 0.05) is 32.7 Å². The molecule has 0 atom stereocenters. The molecule has 3 heterocycles. The molecule has 4 nitrogen and oxygen atoms in total. The topological polar surface area (TPSA) is 43.9 Å². The molecule has 0 fully saturated rings. The second kappa shape index (κ2) is 11.4. The maximum atomic E-state index is 6.76. The van der Waals surface area contributed by atoms with Crippen LogP contribution in [0.5, 0.6) is 0 Å². The highest BCUT2D eigenvalue weighted by Crippen LogP contribution is 2.42. The molecule has 50 heavy (non-hydrogen) atoms. The zero-order valence-corrected chi connectivity index (χ0v) is 27.0. The Kier molecular flexibility index (Phi) is 6.46. The van der Waals surface area contributed by atoms with Gasteiger partial charge in [0.25, 0.3) is 0 Å². The third-order valence-electron chi connectivity index (χ3n) is 9.65. The van der Waals surface area contributed by atoms with Gasteiger partial charge in [-0.15, -0.1) is 0 Å². The molecule has 3 aromatic heterocycles. The predicted octanol–water partition coefficient (Wildman–Crippen LogP) is 12.1. The Hall–Kier alpha value is -6.78. The van der Waals surface area contributed by atoms with Crippen molar-refractivity contribution in [1.29, 1.82) is 0 Å². The average molecular weight is 640 g/mol. The molecule has 0 aliphatic heterocycles. The summed E-state index contributed by atoms with van der Waals surface area (Å²) in [5.74, 6) is 0.606. The van der Waals surface area contributed by atoms with Crippen molar-refractivity contribution in [2.45, 2.75) is 0 Å². The first-order chi connectivity index (χ1) is 24.8. The molecular weight excluding hydrogens is 611 g/mol. The van der Waals surface area contributed by atoms with E-state index in [0.717, 1.165) is 72.3 Å². The van der Waals surface area contributed by atoms with Crippen LogP contribution >= 0.6 is 0 Å². The molecule has 0 saturated carbocycles. The van der Waals surface area contributed by atoms with Gasteiger partial charge in [-0.1, -0.05) is 140 Å². The van der Waals surface area contributed by atoms with E-state index >= 15 is 0 Å². The van der Waals surface area contributed by atoms with Crippen molar-refractivity contribution in [3.8, 4) is 50.7 Å². The lowest BCUT2D eigenvalue weighted by molar-refractivity contribution is 0.669. The zero-order valence-electron chi connectivity index (χ0n) is 27.0. The van der Waals surface area contributed by atoms with Gasteiger partial charge in [0.1, 0.15) is 11.2 Å². The summed E-state index contributed by atoms with van der Waals surface area (Å²) in [5, 5.41) is 4.48. The summed E-state index contributed by atoms with van der Waals surface area (Å²) in [4.78, 5) is 10.7. The van der Waals surface area contributed by atoms with E-state index in [0.29, 0.717) is 5.82 Å². The summed E-state index contributed by atoms with van der Waals surface area (Å²) in [6.07, 6.45) is 0. The van der Waals surface area contributed by atoms with Gasteiger partial charge in [0.05, 0.1) is 33.7 Å². The Labute approximate surface area is 288 Å². The molecule has 10 rings (SSSR count). The summed E-state index contributed by atoms with van der Waals surface area (Å²) in [6.45, 7) is 0. The third-order valence-corrected chi connectivity index (χ3v) is 9.65. The number of nitrogens with zero attached hydrogens (tertiary/aromatic N) is 3. The minimum Gasteiger partial charge on any atom is -0.455 e. The van der Waals surface area contributed by atoms with E-state index in [9.17, 15) is 0 Å². The zero-order chi connectivity index (χ0) is 33.0. The minimum absolute atomic E-state index is 0.606. The molecule has 0 amide bonds. The molecule has 0 bridgehead atoms. The number of furan rings is 1. The van der Waals surface area contributed by atoms with Crippen LogP contribution in [-0.4, -0.2) is 14.5 Å². The Bertz CT molecular complexity index is 2800. The highest BCUT2D eigenvalue weighted by molar-refractivity contribution is 6.13. The molecule has 4 heteroatoms. The van der Waals surface area contributed by atoms with Crippen molar-refractivity contribution < 1.29 is 4.42 Å². The number of fused-ring (bicyclic) bond motifs is 6. The number of rotatable bonds is 5. The molecule has 234 valence electrons. The summed E-state index contributed by atoms with van der Waals surface area (Å²) < 4.78 is 9.10. The SMILES string of the molecule is c1ccc(-c2ccc(-c3cc(-c4ccccc4)nc(-c4c(-n5c6ccccc6c6ccccc65)ccc5c4oc4ccccc45)n3)cc2)cc1. The lowest BCUT2D eigenvalue weighted by Gasteiger charge is -2.15. The van der Waals surface area contributed by atoms with Gasteiger partial charge in [-0.3, -0.25) is 0 Å². The molecule has 0 saturated heterocycles. The van der Waals surface area contributed by atoms with Crippen LogP contribution in [0, 0.1) is 0 Å². The fourth-order valence-electron chi connectivity index (χ4n) is 7.29. The van der Waals surface area contributed by atoms with E-state index in [4.69, 9.17) is 14.4 Å². The number of para-hydroxylation sites is 3. The van der Waals surface area contributed by atoms with Gasteiger partial charge in [-0.25, -0.2) is 9.97 Å². The first kappa shape index (κ1) is 28.3. The fraction of sp³-hybridized carbons (Fsp3) is 0. The van der Waals surface area contributed by atoms with Gasteiger partial charge in [-0.2, -0.15) is 0 Å². The minimum atomic E-state index is 0.606. The quantitative estimate of drug-likeness (QED) is 0.188. The Balaban J connectivity index is 1.28. The van der Waals surface area contributed by atoms with Crippen molar-refractivity contribution in [1.82, 2.24) is 14.5 Å². The van der Waals surface area contributed by atoms with Crippen molar-refractivity contribution in [3.05, 3.63) is 176 Å². The first-order valence-electron chi connectivity index (χ1n) is 16.8. The van der Waals surface area contributed by atoms with Crippen LogP contribution in [0.15, 0.2) is 180 Å².